The topological polar surface area (TPSA) is 69.1 Å². The van der Waals surface area contributed by atoms with Crippen LogP contribution in [0, 0.1) is 5.41 Å². The Morgan fingerprint density at radius 2 is 2.00 bits per heavy atom. The summed E-state index contributed by atoms with van der Waals surface area (Å²) in [5.41, 5.74) is 1.23. The van der Waals surface area contributed by atoms with Gasteiger partial charge in [-0.3, -0.25) is 4.99 Å². The van der Waals surface area contributed by atoms with E-state index in [9.17, 15) is 5.11 Å². The third-order valence-electron chi connectivity index (χ3n) is 6.25. The number of piperidine rings is 1. The van der Waals surface area contributed by atoms with Crippen molar-refractivity contribution in [3.8, 4) is 5.75 Å². The summed E-state index contributed by atoms with van der Waals surface area (Å²) in [6.07, 6.45) is 5.11. The molecule has 0 bridgehead atoms. The minimum atomic E-state index is 0. The number of aliphatic hydroxyl groups excluding tert-OH is 1. The van der Waals surface area contributed by atoms with E-state index in [0.29, 0.717) is 6.04 Å². The van der Waals surface area contributed by atoms with Gasteiger partial charge in [-0.1, -0.05) is 26.0 Å². The lowest BCUT2D eigenvalue weighted by Crippen LogP contribution is -2.51. The first-order chi connectivity index (χ1) is 14.1. The third-order valence-corrected chi connectivity index (χ3v) is 6.25. The molecular formula is C23H41IN4O2. The number of anilines is 1. The van der Waals surface area contributed by atoms with E-state index >= 15 is 0 Å². The highest BCUT2D eigenvalue weighted by atomic mass is 127. The van der Waals surface area contributed by atoms with Crippen molar-refractivity contribution in [2.24, 2.45) is 10.4 Å². The van der Waals surface area contributed by atoms with Gasteiger partial charge in [0.15, 0.2) is 5.96 Å². The molecule has 0 aliphatic carbocycles. The number of guanidine groups is 1. The summed E-state index contributed by atoms with van der Waals surface area (Å²) in [5.74, 6) is 1.80. The largest absolute Gasteiger partial charge is 0.495 e. The number of ether oxygens (including phenoxy) is 1. The van der Waals surface area contributed by atoms with Crippen LogP contribution in [0.5, 0.6) is 5.75 Å². The highest BCUT2D eigenvalue weighted by Gasteiger charge is 2.26. The zero-order valence-corrected chi connectivity index (χ0v) is 21.4. The number of aliphatic imine (C=N–C) groups is 1. The average Bonchev–Trinajstić information content (AvgIpc) is 2.77. The van der Waals surface area contributed by atoms with E-state index in [4.69, 9.17) is 9.73 Å². The zero-order chi connectivity index (χ0) is 21.1. The second-order valence-electron chi connectivity index (χ2n) is 7.98. The summed E-state index contributed by atoms with van der Waals surface area (Å²) in [5, 5.41) is 16.5. The minimum Gasteiger partial charge on any atom is -0.495 e. The number of nitrogens with zero attached hydrogens (tertiary/aromatic N) is 2. The molecule has 0 aromatic heterocycles. The summed E-state index contributed by atoms with van der Waals surface area (Å²) >= 11 is 0. The Balaban J connectivity index is 0.00000450. The zero-order valence-electron chi connectivity index (χ0n) is 19.1. The Morgan fingerprint density at radius 3 is 2.63 bits per heavy atom. The molecule has 1 unspecified atom stereocenters. The van der Waals surface area contributed by atoms with Crippen LogP contribution in [0.2, 0.25) is 0 Å². The standard InChI is InChI=1S/C23H40N4O2.HI/c1-5-23(6-2,14-16-28)18-25-22(24-7-3)26-19-11-10-15-27(17-19)20-12-8-9-13-21(20)29-4;/h8-9,12-13,19,28H,5-7,10-11,14-18H2,1-4H3,(H2,24,25,26);1H. The maximum Gasteiger partial charge on any atom is 0.191 e. The number of hydrogen-bond acceptors (Lipinski definition) is 4. The van der Waals surface area contributed by atoms with Crippen LogP contribution in [0.25, 0.3) is 0 Å². The van der Waals surface area contributed by atoms with Crippen molar-refractivity contribution in [3.63, 3.8) is 0 Å². The SMILES string of the molecule is CCNC(=NCC(CC)(CC)CCO)NC1CCCN(c2ccccc2OC)C1.I. The smallest absolute Gasteiger partial charge is 0.191 e. The van der Waals surface area contributed by atoms with Crippen LogP contribution in [-0.4, -0.2) is 57.0 Å². The summed E-state index contributed by atoms with van der Waals surface area (Å²) in [6, 6.07) is 8.57. The molecule has 1 fully saturated rings. The highest BCUT2D eigenvalue weighted by Crippen LogP contribution is 2.31. The Kier molecular flexibility index (Phi) is 12.5. The Labute approximate surface area is 199 Å². The quantitative estimate of drug-likeness (QED) is 0.241. The van der Waals surface area contributed by atoms with Crippen molar-refractivity contribution in [2.45, 2.75) is 58.9 Å². The van der Waals surface area contributed by atoms with E-state index in [0.717, 1.165) is 75.7 Å². The van der Waals surface area contributed by atoms with Gasteiger partial charge in [0.25, 0.3) is 0 Å². The molecule has 0 radical (unpaired) electrons. The summed E-state index contributed by atoms with van der Waals surface area (Å²) in [6.45, 7) is 10.2. The van der Waals surface area contributed by atoms with Crippen LogP contribution in [-0.2, 0) is 0 Å². The normalized spacial score (nSPS) is 17.3. The Morgan fingerprint density at radius 1 is 1.27 bits per heavy atom. The van der Waals surface area contributed by atoms with E-state index in [-0.39, 0.29) is 36.0 Å². The number of methoxy groups -OCH3 is 1. The molecule has 0 spiro atoms. The first-order valence-electron chi connectivity index (χ1n) is 11.1. The van der Waals surface area contributed by atoms with Crippen LogP contribution in [0.1, 0.15) is 52.9 Å². The molecule has 30 heavy (non-hydrogen) atoms. The van der Waals surface area contributed by atoms with Gasteiger partial charge in [0.05, 0.1) is 12.8 Å². The third kappa shape index (κ3) is 7.48. The van der Waals surface area contributed by atoms with Gasteiger partial charge < -0.3 is 25.4 Å². The lowest BCUT2D eigenvalue weighted by Gasteiger charge is -2.36. The fourth-order valence-corrected chi connectivity index (χ4v) is 4.11. The van der Waals surface area contributed by atoms with Gasteiger partial charge >= 0.3 is 0 Å². The number of rotatable bonds is 10. The van der Waals surface area contributed by atoms with Crippen molar-refractivity contribution < 1.29 is 9.84 Å². The van der Waals surface area contributed by atoms with Crippen molar-refractivity contribution >= 4 is 35.6 Å². The molecule has 0 saturated carbocycles. The van der Waals surface area contributed by atoms with Crippen molar-refractivity contribution in [2.75, 3.05) is 44.8 Å². The van der Waals surface area contributed by atoms with Gasteiger partial charge in [-0.2, -0.15) is 0 Å². The molecule has 1 aromatic carbocycles. The molecule has 7 heteroatoms. The first-order valence-corrected chi connectivity index (χ1v) is 11.1. The summed E-state index contributed by atoms with van der Waals surface area (Å²) < 4.78 is 5.56. The fourth-order valence-electron chi connectivity index (χ4n) is 4.11. The molecule has 2 rings (SSSR count). The molecule has 1 aliphatic heterocycles. The number of hydrogen-bond donors (Lipinski definition) is 3. The summed E-state index contributed by atoms with van der Waals surface area (Å²) in [7, 11) is 1.73. The lowest BCUT2D eigenvalue weighted by atomic mass is 9.79. The monoisotopic (exact) mass is 532 g/mol. The number of benzene rings is 1. The number of aliphatic hydroxyl groups is 1. The van der Waals surface area contributed by atoms with Gasteiger partial charge in [0.2, 0.25) is 0 Å². The second kappa shape index (κ2) is 14.0. The fraction of sp³-hybridized carbons (Fsp3) is 0.696. The molecule has 1 atom stereocenters. The average molecular weight is 533 g/mol. The number of para-hydroxylation sites is 2. The molecule has 1 aliphatic rings. The van der Waals surface area contributed by atoms with E-state index in [1.54, 1.807) is 7.11 Å². The van der Waals surface area contributed by atoms with Gasteiger partial charge in [-0.15, -0.1) is 24.0 Å². The van der Waals surface area contributed by atoms with Crippen molar-refractivity contribution in [1.82, 2.24) is 10.6 Å². The predicted molar refractivity (Wildman–Crippen MR) is 137 cm³/mol. The van der Waals surface area contributed by atoms with Crippen LogP contribution < -0.4 is 20.3 Å². The lowest BCUT2D eigenvalue weighted by molar-refractivity contribution is 0.175. The molecule has 0 amide bonds. The molecular weight excluding hydrogens is 491 g/mol. The van der Waals surface area contributed by atoms with Gasteiger partial charge in [0.1, 0.15) is 5.75 Å². The van der Waals surface area contributed by atoms with Crippen molar-refractivity contribution in [3.05, 3.63) is 24.3 Å². The van der Waals surface area contributed by atoms with E-state index in [1.807, 2.05) is 12.1 Å². The number of nitrogens with one attached hydrogen (secondary N) is 2. The van der Waals surface area contributed by atoms with Gasteiger partial charge in [0, 0.05) is 38.8 Å². The maximum absolute atomic E-state index is 9.48. The predicted octanol–water partition coefficient (Wildman–Crippen LogP) is 4.03. The first kappa shape index (κ1) is 26.8. The van der Waals surface area contributed by atoms with E-state index < -0.39 is 0 Å². The van der Waals surface area contributed by atoms with Gasteiger partial charge in [-0.05, 0) is 56.6 Å². The molecule has 3 N–H and O–H groups in total. The van der Waals surface area contributed by atoms with Crippen molar-refractivity contribution in [1.29, 1.82) is 0 Å². The minimum absolute atomic E-state index is 0. The molecule has 1 saturated heterocycles. The van der Waals surface area contributed by atoms with E-state index in [2.05, 4.69) is 48.4 Å². The second-order valence-corrected chi connectivity index (χ2v) is 7.98. The highest BCUT2D eigenvalue weighted by molar-refractivity contribution is 14.0. The molecule has 1 heterocycles. The summed E-state index contributed by atoms with van der Waals surface area (Å²) in [4.78, 5) is 7.31. The number of halogens is 1. The molecule has 6 nitrogen and oxygen atoms in total. The van der Waals surface area contributed by atoms with Gasteiger partial charge in [-0.25, -0.2) is 0 Å². The van der Waals surface area contributed by atoms with Crippen LogP contribution in [0.4, 0.5) is 5.69 Å². The van der Waals surface area contributed by atoms with Crippen LogP contribution in [0.3, 0.4) is 0 Å². The van der Waals surface area contributed by atoms with E-state index in [1.165, 1.54) is 0 Å². The van der Waals surface area contributed by atoms with Crippen LogP contribution >= 0.6 is 24.0 Å². The Bertz CT molecular complexity index is 637. The molecule has 1 aromatic rings. The Hall–Kier alpha value is -1.22. The van der Waals surface area contributed by atoms with Crippen LogP contribution in [0.15, 0.2) is 29.3 Å². The maximum atomic E-state index is 9.48. The molecule has 172 valence electrons.